The molecule has 0 radical (unpaired) electrons. The van der Waals surface area contributed by atoms with Crippen LogP contribution in [-0.2, 0) is 0 Å². The molecule has 0 N–H and O–H groups in total. The van der Waals surface area contributed by atoms with Gasteiger partial charge in [-0.1, -0.05) is 11.6 Å². The minimum atomic E-state index is -0.227. The van der Waals surface area contributed by atoms with Crippen LogP contribution in [0.3, 0.4) is 0 Å². The van der Waals surface area contributed by atoms with E-state index >= 15 is 0 Å². The Morgan fingerprint density at radius 2 is 1.76 bits per heavy atom. The summed E-state index contributed by atoms with van der Waals surface area (Å²) in [6.07, 6.45) is 1.57. The van der Waals surface area contributed by atoms with E-state index in [1.165, 1.54) is 5.01 Å². The number of anilines is 1. The third-order valence-corrected chi connectivity index (χ3v) is 3.08. The Morgan fingerprint density at radius 1 is 1.14 bits per heavy atom. The van der Waals surface area contributed by atoms with E-state index in [0.29, 0.717) is 16.3 Å². The molecule has 0 unspecified atom stereocenters. The maximum Gasteiger partial charge on any atom is 0.278 e. The Bertz CT molecular complexity index is 636. The lowest BCUT2D eigenvalue weighted by Gasteiger charge is -2.17. The third-order valence-electron chi connectivity index (χ3n) is 2.83. The highest BCUT2D eigenvalue weighted by molar-refractivity contribution is 6.30. The van der Waals surface area contributed by atoms with Crippen molar-refractivity contribution in [3.8, 4) is 5.75 Å². The Labute approximate surface area is 128 Å². The second-order valence-corrected chi connectivity index (χ2v) is 4.63. The zero-order valence-corrected chi connectivity index (χ0v) is 12.5. The fourth-order valence-corrected chi connectivity index (χ4v) is 1.92. The van der Waals surface area contributed by atoms with Crippen molar-refractivity contribution >= 4 is 29.4 Å². The lowest BCUT2D eigenvalue weighted by atomic mass is 10.2. The van der Waals surface area contributed by atoms with Gasteiger partial charge in [-0.05, 0) is 55.5 Å². The molecule has 2 rings (SSSR count). The SMILES string of the molecule is CC=NN(C(=O)c1ccc(Cl)cc1)c1ccc(OC)cc1. The van der Waals surface area contributed by atoms with E-state index in [9.17, 15) is 4.79 Å². The van der Waals surface area contributed by atoms with Crippen molar-refractivity contribution in [3.05, 3.63) is 59.1 Å². The summed E-state index contributed by atoms with van der Waals surface area (Å²) in [4.78, 5) is 12.5. The number of ether oxygens (including phenoxy) is 1. The number of nitrogens with zero attached hydrogens (tertiary/aromatic N) is 2. The summed E-state index contributed by atoms with van der Waals surface area (Å²) in [6, 6.07) is 13.8. The minimum absolute atomic E-state index is 0.227. The summed E-state index contributed by atoms with van der Waals surface area (Å²) in [7, 11) is 1.59. The van der Waals surface area contributed by atoms with Gasteiger partial charge in [0.2, 0.25) is 0 Å². The van der Waals surface area contributed by atoms with Gasteiger partial charge in [-0.15, -0.1) is 0 Å². The zero-order valence-electron chi connectivity index (χ0n) is 11.8. The lowest BCUT2D eigenvalue weighted by molar-refractivity contribution is 0.0988. The molecule has 2 aromatic carbocycles. The number of hydrogen-bond acceptors (Lipinski definition) is 3. The highest BCUT2D eigenvalue weighted by Crippen LogP contribution is 2.22. The van der Waals surface area contributed by atoms with Crippen molar-refractivity contribution in [3.63, 3.8) is 0 Å². The van der Waals surface area contributed by atoms with E-state index in [1.54, 1.807) is 68.8 Å². The van der Waals surface area contributed by atoms with Gasteiger partial charge in [-0.3, -0.25) is 4.79 Å². The van der Waals surface area contributed by atoms with Crippen LogP contribution in [0.15, 0.2) is 53.6 Å². The predicted octanol–water partition coefficient (Wildman–Crippen LogP) is 4.00. The van der Waals surface area contributed by atoms with Gasteiger partial charge in [0.1, 0.15) is 5.75 Å². The van der Waals surface area contributed by atoms with Crippen LogP contribution in [0.25, 0.3) is 0 Å². The molecule has 0 fully saturated rings. The molecule has 0 aliphatic heterocycles. The number of carbonyl (C=O) groups excluding carboxylic acids is 1. The molecular formula is C16H15ClN2O2. The molecule has 0 aliphatic rings. The fraction of sp³-hybridized carbons (Fsp3) is 0.125. The van der Waals surface area contributed by atoms with Gasteiger partial charge in [0.05, 0.1) is 12.8 Å². The topological polar surface area (TPSA) is 41.9 Å². The summed E-state index contributed by atoms with van der Waals surface area (Å²) in [5.41, 5.74) is 1.18. The van der Waals surface area contributed by atoms with E-state index < -0.39 is 0 Å². The Hall–Kier alpha value is -2.33. The van der Waals surface area contributed by atoms with Crippen molar-refractivity contribution in [2.75, 3.05) is 12.1 Å². The summed E-state index contributed by atoms with van der Waals surface area (Å²) in [6.45, 7) is 1.76. The van der Waals surface area contributed by atoms with E-state index in [2.05, 4.69) is 5.10 Å². The van der Waals surface area contributed by atoms with Crippen LogP contribution in [0.4, 0.5) is 5.69 Å². The molecule has 0 atom stereocenters. The number of hydrazone groups is 1. The van der Waals surface area contributed by atoms with Crippen molar-refractivity contribution < 1.29 is 9.53 Å². The summed E-state index contributed by atoms with van der Waals surface area (Å²) < 4.78 is 5.11. The van der Waals surface area contributed by atoms with Gasteiger partial charge in [0, 0.05) is 16.8 Å². The first-order valence-electron chi connectivity index (χ1n) is 6.38. The second-order valence-electron chi connectivity index (χ2n) is 4.20. The summed E-state index contributed by atoms with van der Waals surface area (Å²) in [5.74, 6) is 0.494. The first-order chi connectivity index (χ1) is 10.2. The highest BCUT2D eigenvalue weighted by Gasteiger charge is 2.16. The Balaban J connectivity index is 2.33. The monoisotopic (exact) mass is 302 g/mol. The predicted molar refractivity (Wildman–Crippen MR) is 85.4 cm³/mol. The van der Waals surface area contributed by atoms with Crippen LogP contribution >= 0.6 is 11.6 Å². The molecule has 0 spiro atoms. The van der Waals surface area contributed by atoms with Gasteiger partial charge in [0.15, 0.2) is 0 Å². The minimum Gasteiger partial charge on any atom is -0.497 e. The number of rotatable bonds is 4. The molecule has 0 bridgehead atoms. The maximum atomic E-state index is 12.5. The Kier molecular flexibility index (Phi) is 4.95. The molecule has 21 heavy (non-hydrogen) atoms. The zero-order chi connectivity index (χ0) is 15.2. The first kappa shape index (κ1) is 15.1. The summed E-state index contributed by atoms with van der Waals surface area (Å²) in [5, 5.41) is 6.05. The molecule has 0 heterocycles. The molecule has 5 heteroatoms. The van der Waals surface area contributed by atoms with Gasteiger partial charge < -0.3 is 4.74 Å². The van der Waals surface area contributed by atoms with E-state index in [0.717, 1.165) is 5.75 Å². The van der Waals surface area contributed by atoms with Gasteiger partial charge in [0.25, 0.3) is 5.91 Å². The van der Waals surface area contributed by atoms with Crippen LogP contribution in [0.5, 0.6) is 5.75 Å². The molecule has 1 amide bonds. The average Bonchev–Trinajstić information content (AvgIpc) is 2.53. The molecule has 0 saturated heterocycles. The van der Waals surface area contributed by atoms with Crippen LogP contribution in [-0.4, -0.2) is 19.2 Å². The average molecular weight is 303 g/mol. The number of halogens is 1. The van der Waals surface area contributed by atoms with Crippen LogP contribution in [0, 0.1) is 0 Å². The number of methoxy groups -OCH3 is 1. The number of hydrogen-bond donors (Lipinski definition) is 0. The van der Waals surface area contributed by atoms with Crippen molar-refractivity contribution in [1.29, 1.82) is 0 Å². The number of carbonyl (C=O) groups is 1. The van der Waals surface area contributed by atoms with Gasteiger partial charge >= 0.3 is 0 Å². The number of amides is 1. The largest absolute Gasteiger partial charge is 0.497 e. The second kappa shape index (κ2) is 6.90. The molecule has 0 aromatic heterocycles. The third kappa shape index (κ3) is 3.61. The van der Waals surface area contributed by atoms with Crippen molar-refractivity contribution in [2.24, 2.45) is 5.10 Å². The molecule has 108 valence electrons. The van der Waals surface area contributed by atoms with Gasteiger partial charge in [-0.2, -0.15) is 10.1 Å². The van der Waals surface area contributed by atoms with Crippen LogP contribution in [0.2, 0.25) is 5.02 Å². The van der Waals surface area contributed by atoms with Crippen molar-refractivity contribution in [1.82, 2.24) is 0 Å². The van der Waals surface area contributed by atoms with Crippen LogP contribution in [0.1, 0.15) is 17.3 Å². The smallest absolute Gasteiger partial charge is 0.278 e. The molecule has 0 saturated carbocycles. The van der Waals surface area contributed by atoms with E-state index in [4.69, 9.17) is 16.3 Å². The lowest BCUT2D eigenvalue weighted by Crippen LogP contribution is -2.25. The standard InChI is InChI=1S/C16H15ClN2O2/c1-3-18-19(14-8-10-15(21-2)11-9-14)16(20)12-4-6-13(17)7-5-12/h3-11H,1-2H3. The van der Waals surface area contributed by atoms with Crippen LogP contribution < -0.4 is 9.75 Å². The quantitative estimate of drug-likeness (QED) is 0.633. The van der Waals surface area contributed by atoms with E-state index in [1.807, 2.05) is 0 Å². The first-order valence-corrected chi connectivity index (χ1v) is 6.76. The van der Waals surface area contributed by atoms with E-state index in [-0.39, 0.29) is 5.91 Å². The normalized spacial score (nSPS) is 10.6. The maximum absolute atomic E-state index is 12.5. The highest BCUT2D eigenvalue weighted by atomic mass is 35.5. The molecule has 0 aliphatic carbocycles. The van der Waals surface area contributed by atoms with Gasteiger partial charge in [-0.25, -0.2) is 0 Å². The van der Waals surface area contributed by atoms with Crippen molar-refractivity contribution in [2.45, 2.75) is 6.92 Å². The molecule has 2 aromatic rings. The molecular weight excluding hydrogens is 288 g/mol. The number of benzene rings is 2. The molecule has 4 nitrogen and oxygen atoms in total. The fourth-order valence-electron chi connectivity index (χ4n) is 1.79. The summed E-state index contributed by atoms with van der Waals surface area (Å²) >= 11 is 5.84. The Morgan fingerprint density at radius 3 is 2.29 bits per heavy atom.